The molecular weight excluding hydrogens is 412 g/mol. The summed E-state index contributed by atoms with van der Waals surface area (Å²) < 4.78 is 33.6. The summed E-state index contributed by atoms with van der Waals surface area (Å²) in [6.45, 7) is 3.11. The monoisotopic (exact) mass is 428 g/mol. The molecule has 0 unspecified atom stereocenters. The number of hydrogen-bond donors (Lipinski definition) is 2. The summed E-state index contributed by atoms with van der Waals surface area (Å²) in [6, 6.07) is 13.8. The van der Waals surface area contributed by atoms with Gasteiger partial charge in [-0.2, -0.15) is 0 Å². The maximum absolute atomic E-state index is 12.7. The zero-order valence-electron chi connectivity index (χ0n) is 15.5. The average molecular weight is 428 g/mol. The van der Waals surface area contributed by atoms with E-state index in [-0.39, 0.29) is 22.3 Å². The first-order valence-electron chi connectivity index (χ1n) is 8.56. The molecule has 10 heteroatoms. The Kier molecular flexibility index (Phi) is 4.81. The zero-order valence-corrected chi connectivity index (χ0v) is 17.1. The largest absolute Gasteiger partial charge is 0.360 e. The Morgan fingerprint density at radius 3 is 2.55 bits per heavy atom. The van der Waals surface area contributed by atoms with Crippen LogP contribution in [0.3, 0.4) is 0 Å². The van der Waals surface area contributed by atoms with Gasteiger partial charge in [-0.3, -0.25) is 14.8 Å². The van der Waals surface area contributed by atoms with E-state index < -0.39 is 10.0 Å². The number of aromatic nitrogens is 2. The molecule has 0 saturated heterocycles. The number of sulfonamides is 1. The Balaban J connectivity index is 1.58. The molecule has 148 valence electrons. The third kappa shape index (κ3) is 3.84. The molecule has 2 heterocycles. The highest BCUT2D eigenvalue weighted by Gasteiger charge is 2.24. The summed E-state index contributed by atoms with van der Waals surface area (Å²) in [5.41, 5.74) is 1.73. The number of carbonyl (C=O) groups is 1. The fraction of sp³-hybridized carbons (Fsp3) is 0.105. The number of aryl methyl sites for hydroxylation is 2. The van der Waals surface area contributed by atoms with E-state index in [2.05, 4.69) is 20.2 Å². The van der Waals surface area contributed by atoms with Gasteiger partial charge < -0.3 is 4.52 Å². The minimum absolute atomic E-state index is 0.0201. The molecule has 29 heavy (non-hydrogen) atoms. The molecule has 0 radical (unpaired) electrons. The Labute approximate surface area is 170 Å². The molecule has 2 N–H and O–H groups in total. The lowest BCUT2D eigenvalue weighted by Crippen LogP contribution is -2.14. The summed E-state index contributed by atoms with van der Waals surface area (Å²) in [5, 5.41) is 6.88. The molecule has 0 bridgehead atoms. The molecule has 0 fully saturated rings. The van der Waals surface area contributed by atoms with Crippen LogP contribution < -0.4 is 10.0 Å². The Morgan fingerprint density at radius 1 is 1.10 bits per heavy atom. The van der Waals surface area contributed by atoms with Crippen LogP contribution in [0.25, 0.3) is 10.2 Å². The number of nitrogens with zero attached hydrogens (tertiary/aromatic N) is 2. The summed E-state index contributed by atoms with van der Waals surface area (Å²) in [4.78, 5) is 16.7. The van der Waals surface area contributed by atoms with Crippen LogP contribution in [-0.4, -0.2) is 24.5 Å². The van der Waals surface area contributed by atoms with Crippen molar-refractivity contribution < 1.29 is 17.7 Å². The van der Waals surface area contributed by atoms with Gasteiger partial charge in [0.2, 0.25) is 0 Å². The van der Waals surface area contributed by atoms with Crippen LogP contribution in [0.4, 0.5) is 10.8 Å². The topological polar surface area (TPSA) is 114 Å². The minimum atomic E-state index is -3.85. The average Bonchev–Trinajstić information content (AvgIpc) is 3.24. The number of amides is 1. The number of hydrogen-bond acceptors (Lipinski definition) is 7. The van der Waals surface area contributed by atoms with Crippen LogP contribution >= 0.6 is 11.3 Å². The molecule has 2 aromatic carbocycles. The van der Waals surface area contributed by atoms with Gasteiger partial charge >= 0.3 is 0 Å². The molecule has 0 aliphatic carbocycles. The molecule has 1 amide bonds. The molecular formula is C19H16N4O4S2. The first-order valence-corrected chi connectivity index (χ1v) is 10.9. The molecule has 0 saturated carbocycles. The van der Waals surface area contributed by atoms with Crippen molar-refractivity contribution in [3.8, 4) is 0 Å². The highest BCUT2D eigenvalue weighted by molar-refractivity contribution is 7.92. The van der Waals surface area contributed by atoms with Gasteiger partial charge in [-0.1, -0.05) is 34.7 Å². The van der Waals surface area contributed by atoms with Crippen molar-refractivity contribution in [2.24, 2.45) is 0 Å². The lowest BCUT2D eigenvalue weighted by atomic mass is 10.2. The third-order valence-corrected chi connectivity index (χ3v) is 6.71. The predicted octanol–water partition coefficient (Wildman–Crippen LogP) is 3.95. The number of nitrogens with one attached hydrogen (secondary N) is 2. The molecule has 0 aliphatic rings. The van der Waals surface area contributed by atoms with E-state index in [1.807, 2.05) is 6.07 Å². The lowest BCUT2D eigenvalue weighted by molar-refractivity contribution is 0.102. The summed E-state index contributed by atoms with van der Waals surface area (Å²) in [6.07, 6.45) is 0. The van der Waals surface area contributed by atoms with Crippen LogP contribution in [0.1, 0.15) is 21.8 Å². The van der Waals surface area contributed by atoms with Crippen LogP contribution in [-0.2, 0) is 10.0 Å². The standard InChI is InChI=1S/C19H16N4O4S2/c1-11-17(12(2)27-22-11)29(25,26)23-14-8-9-16-15(10-14)20-19(28-16)21-18(24)13-6-4-3-5-7-13/h3-10,23H,1-2H3,(H,20,21,24). The highest BCUT2D eigenvalue weighted by atomic mass is 32.2. The predicted molar refractivity (Wildman–Crippen MR) is 111 cm³/mol. The van der Waals surface area contributed by atoms with Gasteiger partial charge in [0.05, 0.1) is 15.9 Å². The van der Waals surface area contributed by atoms with Crippen molar-refractivity contribution in [2.75, 3.05) is 10.0 Å². The second kappa shape index (κ2) is 7.30. The minimum Gasteiger partial charge on any atom is -0.360 e. The van der Waals surface area contributed by atoms with Gasteiger partial charge in [0.1, 0.15) is 5.69 Å². The van der Waals surface area contributed by atoms with Crippen LogP contribution in [0.2, 0.25) is 0 Å². The second-order valence-corrected chi connectivity index (χ2v) is 8.93. The van der Waals surface area contributed by atoms with Crippen LogP contribution in [0.15, 0.2) is 57.9 Å². The lowest BCUT2D eigenvalue weighted by Gasteiger charge is -2.07. The molecule has 0 atom stereocenters. The first-order chi connectivity index (χ1) is 13.8. The van der Waals surface area contributed by atoms with Gasteiger partial charge in [0, 0.05) is 5.56 Å². The van der Waals surface area contributed by atoms with Crippen molar-refractivity contribution in [1.29, 1.82) is 0 Å². The zero-order chi connectivity index (χ0) is 20.6. The smallest absolute Gasteiger partial charge is 0.267 e. The first kappa shape index (κ1) is 19.1. The van der Waals surface area contributed by atoms with Crippen molar-refractivity contribution in [1.82, 2.24) is 10.1 Å². The molecule has 4 aromatic rings. The van der Waals surface area contributed by atoms with Crippen molar-refractivity contribution >= 4 is 48.3 Å². The number of rotatable bonds is 5. The van der Waals surface area contributed by atoms with E-state index in [4.69, 9.17) is 4.52 Å². The molecule has 0 aliphatic heterocycles. The molecule has 2 aromatic heterocycles. The van der Waals surface area contributed by atoms with Crippen molar-refractivity contribution in [3.05, 3.63) is 65.5 Å². The van der Waals surface area contributed by atoms with E-state index in [1.165, 1.54) is 11.3 Å². The van der Waals surface area contributed by atoms with Crippen LogP contribution in [0, 0.1) is 13.8 Å². The van der Waals surface area contributed by atoms with Gasteiger partial charge in [-0.05, 0) is 44.2 Å². The summed E-state index contributed by atoms with van der Waals surface area (Å²) in [5.74, 6) is -0.0420. The third-order valence-electron chi connectivity index (χ3n) is 4.13. The second-order valence-electron chi connectivity index (χ2n) is 6.28. The Bertz CT molecular complexity index is 1290. The van der Waals surface area contributed by atoms with E-state index in [0.717, 1.165) is 4.70 Å². The van der Waals surface area contributed by atoms with Gasteiger partial charge in [-0.15, -0.1) is 0 Å². The maximum atomic E-state index is 12.7. The fourth-order valence-electron chi connectivity index (χ4n) is 2.87. The normalized spacial score (nSPS) is 11.5. The van der Waals surface area contributed by atoms with E-state index in [9.17, 15) is 13.2 Å². The fourth-order valence-corrected chi connectivity index (χ4v) is 5.09. The van der Waals surface area contributed by atoms with Gasteiger partial charge in [0.25, 0.3) is 15.9 Å². The maximum Gasteiger partial charge on any atom is 0.267 e. The SMILES string of the molecule is Cc1noc(C)c1S(=O)(=O)Nc1ccc2sc(NC(=O)c3ccccc3)nc2c1. The number of anilines is 2. The highest BCUT2D eigenvalue weighted by Crippen LogP contribution is 2.30. The summed E-state index contributed by atoms with van der Waals surface area (Å²) in [7, 11) is -3.85. The number of benzene rings is 2. The van der Waals surface area contributed by atoms with E-state index >= 15 is 0 Å². The molecule has 4 rings (SSSR count). The van der Waals surface area contributed by atoms with Crippen molar-refractivity contribution in [3.63, 3.8) is 0 Å². The number of carbonyl (C=O) groups excluding carboxylic acids is 1. The number of thiazole rings is 1. The quantitative estimate of drug-likeness (QED) is 0.497. The molecule has 0 spiro atoms. The molecule has 8 nitrogen and oxygen atoms in total. The Hall–Kier alpha value is -3.24. The number of fused-ring (bicyclic) bond motifs is 1. The van der Waals surface area contributed by atoms with E-state index in [1.54, 1.807) is 56.3 Å². The van der Waals surface area contributed by atoms with Crippen LogP contribution in [0.5, 0.6) is 0 Å². The van der Waals surface area contributed by atoms with Gasteiger partial charge in [-0.25, -0.2) is 13.4 Å². The van der Waals surface area contributed by atoms with Crippen molar-refractivity contribution in [2.45, 2.75) is 18.7 Å². The Morgan fingerprint density at radius 2 is 1.86 bits per heavy atom. The van der Waals surface area contributed by atoms with Gasteiger partial charge in [0.15, 0.2) is 15.8 Å². The summed E-state index contributed by atoms with van der Waals surface area (Å²) >= 11 is 1.30. The van der Waals surface area contributed by atoms with E-state index in [0.29, 0.717) is 21.9 Å².